The molecule has 0 aliphatic heterocycles. The van der Waals surface area contributed by atoms with Crippen LogP contribution in [0.2, 0.25) is 0 Å². The zero-order valence-electron chi connectivity index (χ0n) is 20.4. The summed E-state index contributed by atoms with van der Waals surface area (Å²) in [7, 11) is 2.00. The van der Waals surface area contributed by atoms with Crippen molar-refractivity contribution < 1.29 is 19.1 Å². The number of ether oxygens (including phenoxy) is 2. The van der Waals surface area contributed by atoms with E-state index < -0.39 is 11.9 Å². The molecule has 8 nitrogen and oxygen atoms in total. The number of anilines is 2. The fourth-order valence-corrected chi connectivity index (χ4v) is 4.81. The van der Waals surface area contributed by atoms with Gasteiger partial charge in [0, 0.05) is 11.4 Å². The van der Waals surface area contributed by atoms with Crippen molar-refractivity contribution in [1.29, 1.82) is 10.5 Å². The Morgan fingerprint density at radius 1 is 0.722 bits per heavy atom. The van der Waals surface area contributed by atoms with E-state index >= 15 is 0 Å². The summed E-state index contributed by atoms with van der Waals surface area (Å²) in [6, 6.07) is 18.6. The van der Waals surface area contributed by atoms with Crippen LogP contribution in [0.5, 0.6) is 0 Å². The van der Waals surface area contributed by atoms with Crippen LogP contribution in [-0.2, 0) is 19.1 Å². The molecule has 0 aliphatic carbocycles. The van der Waals surface area contributed by atoms with Gasteiger partial charge in [0.05, 0.1) is 13.2 Å². The Labute approximate surface area is 218 Å². The van der Waals surface area contributed by atoms with Crippen LogP contribution in [0, 0.1) is 36.5 Å². The first-order chi connectivity index (χ1) is 17.3. The monoisotopic (exact) mass is 522 g/mol. The largest absolute Gasteiger partial charge is 0.462 e. The topological polar surface area (TPSA) is 124 Å². The Morgan fingerprint density at radius 2 is 1.06 bits per heavy atom. The Kier molecular flexibility index (Phi) is 11.4. The molecule has 2 aromatic carbocycles. The number of aryl methyl sites for hydroxylation is 2. The fourth-order valence-electron chi connectivity index (χ4n) is 2.65. The van der Waals surface area contributed by atoms with Gasteiger partial charge >= 0.3 is 11.9 Å². The Balaban J connectivity index is 2.49. The molecule has 0 heterocycles. The predicted molar refractivity (Wildman–Crippen MR) is 143 cm³/mol. The summed E-state index contributed by atoms with van der Waals surface area (Å²) in [6.07, 6.45) is 0. The minimum atomic E-state index is -0.786. The molecule has 0 radical (unpaired) electrons. The van der Waals surface area contributed by atoms with Gasteiger partial charge in [0.1, 0.15) is 22.2 Å². The molecule has 0 saturated carbocycles. The Morgan fingerprint density at radius 3 is 1.33 bits per heavy atom. The second-order valence-electron chi connectivity index (χ2n) is 7.22. The van der Waals surface area contributed by atoms with E-state index in [0.29, 0.717) is 11.4 Å². The maximum absolute atomic E-state index is 12.5. The van der Waals surface area contributed by atoms with Gasteiger partial charge in [-0.2, -0.15) is 10.5 Å². The van der Waals surface area contributed by atoms with Crippen molar-refractivity contribution in [3.63, 3.8) is 0 Å². The van der Waals surface area contributed by atoms with Crippen molar-refractivity contribution in [3.8, 4) is 12.1 Å². The average molecular weight is 523 g/mol. The highest BCUT2D eigenvalue weighted by atomic mass is 33.1. The highest BCUT2D eigenvalue weighted by Crippen LogP contribution is 2.40. The van der Waals surface area contributed by atoms with Gasteiger partial charge in [0.2, 0.25) is 0 Å². The zero-order chi connectivity index (χ0) is 26.5. The van der Waals surface area contributed by atoms with Crippen LogP contribution >= 0.6 is 21.6 Å². The number of carbonyl (C=O) groups excluding carboxylic acids is 2. The van der Waals surface area contributed by atoms with Crippen molar-refractivity contribution in [2.45, 2.75) is 27.7 Å². The lowest BCUT2D eigenvalue weighted by Crippen LogP contribution is -2.13. The minimum Gasteiger partial charge on any atom is -0.462 e. The van der Waals surface area contributed by atoms with Gasteiger partial charge in [-0.25, -0.2) is 9.59 Å². The maximum Gasteiger partial charge on any atom is 0.351 e. The number of hydrogen-bond acceptors (Lipinski definition) is 10. The molecule has 0 aliphatic rings. The van der Waals surface area contributed by atoms with Gasteiger partial charge in [-0.1, -0.05) is 35.4 Å². The maximum atomic E-state index is 12.5. The van der Waals surface area contributed by atoms with E-state index in [9.17, 15) is 20.1 Å². The number of nitrogens with one attached hydrogen (secondary N) is 2. The van der Waals surface area contributed by atoms with Crippen molar-refractivity contribution >= 4 is 44.9 Å². The first-order valence-electron chi connectivity index (χ1n) is 11.0. The lowest BCUT2D eigenvalue weighted by Gasteiger charge is -2.16. The minimum absolute atomic E-state index is 0.0984. The third-order valence-electron chi connectivity index (χ3n) is 4.46. The number of esters is 2. The summed E-state index contributed by atoms with van der Waals surface area (Å²) in [5.74, 6) is -1.57. The lowest BCUT2D eigenvalue weighted by molar-refractivity contribution is -0.138. The normalized spacial score (nSPS) is 11.7. The van der Waals surface area contributed by atoms with Gasteiger partial charge in [-0.3, -0.25) is 0 Å². The summed E-state index contributed by atoms with van der Waals surface area (Å²) in [5.41, 5.74) is 2.89. The predicted octanol–water partition coefficient (Wildman–Crippen LogP) is 5.81. The molecule has 186 valence electrons. The molecule has 0 spiro atoms. The molecule has 2 rings (SSSR count). The molecule has 10 heteroatoms. The van der Waals surface area contributed by atoms with Crippen LogP contribution in [-0.4, -0.2) is 25.2 Å². The van der Waals surface area contributed by atoms with Crippen LogP contribution < -0.4 is 10.6 Å². The summed E-state index contributed by atoms with van der Waals surface area (Å²) in [4.78, 5) is 25.0. The molecule has 2 aromatic rings. The molecule has 0 fully saturated rings. The molecule has 0 saturated heterocycles. The van der Waals surface area contributed by atoms with Crippen molar-refractivity contribution in [2.75, 3.05) is 23.8 Å². The van der Waals surface area contributed by atoms with Crippen molar-refractivity contribution in [3.05, 3.63) is 80.9 Å². The van der Waals surface area contributed by atoms with Crippen LogP contribution in [0.15, 0.2) is 69.7 Å². The lowest BCUT2D eigenvalue weighted by atomic mass is 10.2. The van der Waals surface area contributed by atoms with E-state index in [1.807, 2.05) is 50.3 Å². The van der Waals surface area contributed by atoms with Crippen LogP contribution in [0.25, 0.3) is 0 Å². The molecular formula is C26H26N4O4S2. The molecule has 0 bridgehead atoms. The first-order valence-corrected chi connectivity index (χ1v) is 13.1. The number of rotatable bonds is 11. The van der Waals surface area contributed by atoms with E-state index in [1.165, 1.54) is 0 Å². The highest BCUT2D eigenvalue weighted by molar-refractivity contribution is 8.79. The second kappa shape index (κ2) is 14.5. The van der Waals surface area contributed by atoms with E-state index in [4.69, 9.17) is 9.47 Å². The Hall–Kier alpha value is -3.86. The third kappa shape index (κ3) is 8.42. The summed E-state index contributed by atoms with van der Waals surface area (Å²) in [6.45, 7) is 7.37. The van der Waals surface area contributed by atoms with E-state index in [2.05, 4.69) is 10.6 Å². The summed E-state index contributed by atoms with van der Waals surface area (Å²) < 4.78 is 10.1. The van der Waals surface area contributed by atoms with Gasteiger partial charge in [-0.15, -0.1) is 0 Å². The van der Waals surface area contributed by atoms with Crippen LogP contribution in [0.4, 0.5) is 11.4 Å². The average Bonchev–Trinajstić information content (AvgIpc) is 2.86. The molecule has 0 atom stereocenters. The van der Waals surface area contributed by atoms with Crippen LogP contribution in [0.3, 0.4) is 0 Å². The van der Waals surface area contributed by atoms with Gasteiger partial charge < -0.3 is 20.1 Å². The molecule has 36 heavy (non-hydrogen) atoms. The van der Waals surface area contributed by atoms with Crippen LogP contribution in [0.1, 0.15) is 25.0 Å². The highest BCUT2D eigenvalue weighted by Gasteiger charge is 2.22. The first kappa shape index (κ1) is 28.4. The summed E-state index contributed by atoms with van der Waals surface area (Å²) in [5, 5.41) is 26.0. The SMILES string of the molecule is CCOC(=O)C(C#N)=C(Nc1ccc(C)cc1)SSC(Nc1ccc(C)cc1)=C(C#N)C(=O)OCC. The molecule has 2 N–H and O–H groups in total. The third-order valence-corrected chi connectivity index (χ3v) is 6.74. The van der Waals surface area contributed by atoms with E-state index in [1.54, 1.807) is 38.1 Å². The van der Waals surface area contributed by atoms with E-state index in [0.717, 1.165) is 32.7 Å². The van der Waals surface area contributed by atoms with Gasteiger partial charge in [0.25, 0.3) is 0 Å². The number of nitriles is 2. The van der Waals surface area contributed by atoms with Gasteiger partial charge in [0.15, 0.2) is 11.1 Å². The number of benzene rings is 2. The molecule has 0 unspecified atom stereocenters. The molecule has 0 amide bonds. The number of hydrogen-bond donors (Lipinski definition) is 2. The number of carbonyl (C=O) groups is 2. The smallest absolute Gasteiger partial charge is 0.351 e. The quantitative estimate of drug-likeness (QED) is 0.162. The van der Waals surface area contributed by atoms with E-state index in [-0.39, 0.29) is 34.4 Å². The zero-order valence-corrected chi connectivity index (χ0v) is 22.0. The Bertz CT molecular complexity index is 1130. The van der Waals surface area contributed by atoms with Gasteiger partial charge in [-0.05, 0) is 73.5 Å². The van der Waals surface area contributed by atoms with Crippen molar-refractivity contribution in [2.24, 2.45) is 0 Å². The summed E-state index contributed by atoms with van der Waals surface area (Å²) >= 11 is 0. The fraction of sp³-hybridized carbons (Fsp3) is 0.231. The number of nitrogens with zero attached hydrogens (tertiary/aromatic N) is 2. The second-order valence-corrected chi connectivity index (χ2v) is 9.37. The molecular weight excluding hydrogens is 496 g/mol. The standard InChI is InChI=1S/C26H26N4O4S2/c1-5-33-25(31)21(15-27)23(29-19-11-7-17(3)8-12-19)35-36-24(22(16-28)26(32)34-6-2)30-20-13-9-18(4)10-14-20/h7-14,29-30H,5-6H2,1-4H3. The van der Waals surface area contributed by atoms with Crippen molar-refractivity contribution in [1.82, 2.24) is 0 Å². The molecule has 0 aromatic heterocycles.